The average Bonchev–Trinajstić information content (AvgIpc) is 2.49. The minimum Gasteiger partial charge on any atom is -0.453 e. The van der Waals surface area contributed by atoms with E-state index in [1.54, 1.807) is 12.3 Å². The standard InChI is InChI=1S/C17H21N3O2/c1-17(2,3)12-5-7-13(8-6-12)19-14-9-10-15(18-11-14)20-16(21)22-4/h5-11,19H,1-4H3,(H,18,20,21). The highest BCUT2D eigenvalue weighted by molar-refractivity contribution is 5.83. The molecular formula is C17H21N3O2. The zero-order chi connectivity index (χ0) is 16.2. The maximum atomic E-state index is 11.1. The van der Waals surface area contributed by atoms with E-state index in [2.05, 4.69) is 53.3 Å². The van der Waals surface area contributed by atoms with Crippen LogP contribution in [-0.4, -0.2) is 18.2 Å². The Balaban J connectivity index is 2.03. The van der Waals surface area contributed by atoms with Crippen molar-refractivity contribution < 1.29 is 9.53 Å². The van der Waals surface area contributed by atoms with Crippen LogP contribution in [0.1, 0.15) is 26.3 Å². The number of carbonyl (C=O) groups is 1. The Morgan fingerprint density at radius 2 is 1.68 bits per heavy atom. The van der Waals surface area contributed by atoms with Crippen LogP contribution in [0.3, 0.4) is 0 Å². The Morgan fingerprint density at radius 1 is 1.05 bits per heavy atom. The number of nitrogens with zero attached hydrogens (tertiary/aromatic N) is 1. The second kappa shape index (κ2) is 6.47. The van der Waals surface area contributed by atoms with E-state index in [-0.39, 0.29) is 5.41 Å². The summed E-state index contributed by atoms with van der Waals surface area (Å²) in [7, 11) is 1.31. The van der Waals surface area contributed by atoms with Gasteiger partial charge in [-0.25, -0.2) is 9.78 Å². The van der Waals surface area contributed by atoms with Gasteiger partial charge in [0.15, 0.2) is 0 Å². The second-order valence-corrected chi connectivity index (χ2v) is 6.00. The lowest BCUT2D eigenvalue weighted by molar-refractivity contribution is 0.187. The van der Waals surface area contributed by atoms with Crippen molar-refractivity contribution in [1.29, 1.82) is 0 Å². The summed E-state index contributed by atoms with van der Waals surface area (Å²) < 4.78 is 4.51. The van der Waals surface area contributed by atoms with Crippen molar-refractivity contribution >= 4 is 23.3 Å². The molecule has 0 aliphatic rings. The normalized spacial score (nSPS) is 10.9. The van der Waals surface area contributed by atoms with E-state index in [0.717, 1.165) is 11.4 Å². The summed E-state index contributed by atoms with van der Waals surface area (Å²) in [5.74, 6) is 0.445. The summed E-state index contributed by atoms with van der Waals surface area (Å²) in [6.07, 6.45) is 1.12. The molecule has 5 nitrogen and oxygen atoms in total. The van der Waals surface area contributed by atoms with Gasteiger partial charge in [0.05, 0.1) is 19.0 Å². The Labute approximate surface area is 130 Å². The number of nitrogens with one attached hydrogen (secondary N) is 2. The molecule has 22 heavy (non-hydrogen) atoms. The van der Waals surface area contributed by atoms with Crippen LogP contribution in [-0.2, 0) is 10.2 Å². The van der Waals surface area contributed by atoms with Gasteiger partial charge >= 0.3 is 6.09 Å². The van der Waals surface area contributed by atoms with Gasteiger partial charge in [-0.15, -0.1) is 0 Å². The summed E-state index contributed by atoms with van der Waals surface area (Å²) >= 11 is 0. The van der Waals surface area contributed by atoms with Crippen LogP contribution >= 0.6 is 0 Å². The third-order valence-electron chi connectivity index (χ3n) is 3.22. The third kappa shape index (κ3) is 4.22. The Morgan fingerprint density at radius 3 is 2.18 bits per heavy atom. The van der Waals surface area contributed by atoms with Crippen LogP contribution in [0.5, 0.6) is 0 Å². The number of pyridine rings is 1. The van der Waals surface area contributed by atoms with E-state index in [0.29, 0.717) is 5.82 Å². The molecule has 0 bridgehead atoms. The second-order valence-electron chi connectivity index (χ2n) is 6.00. The van der Waals surface area contributed by atoms with Gasteiger partial charge in [0.2, 0.25) is 0 Å². The third-order valence-corrected chi connectivity index (χ3v) is 3.22. The highest BCUT2D eigenvalue weighted by atomic mass is 16.5. The smallest absolute Gasteiger partial charge is 0.412 e. The van der Waals surface area contributed by atoms with Crippen molar-refractivity contribution in [3.05, 3.63) is 48.2 Å². The first-order valence-electron chi connectivity index (χ1n) is 7.07. The highest BCUT2D eigenvalue weighted by Crippen LogP contribution is 2.24. The SMILES string of the molecule is COC(=O)Nc1ccc(Nc2ccc(C(C)(C)C)cc2)cn1. The summed E-state index contributed by atoms with van der Waals surface area (Å²) in [4.78, 5) is 15.2. The van der Waals surface area contributed by atoms with Gasteiger partial charge in [0.25, 0.3) is 0 Å². The number of hydrogen-bond acceptors (Lipinski definition) is 4. The Hall–Kier alpha value is -2.56. The Kier molecular flexibility index (Phi) is 4.65. The molecule has 5 heteroatoms. The van der Waals surface area contributed by atoms with E-state index in [1.807, 2.05) is 18.2 Å². The summed E-state index contributed by atoms with van der Waals surface area (Å²) in [5, 5.41) is 5.78. The molecule has 0 aliphatic heterocycles. The van der Waals surface area contributed by atoms with Gasteiger partial charge in [0, 0.05) is 5.69 Å². The number of ether oxygens (including phenoxy) is 1. The fourth-order valence-corrected chi connectivity index (χ4v) is 1.92. The number of methoxy groups -OCH3 is 1. The zero-order valence-electron chi connectivity index (χ0n) is 13.3. The number of amides is 1. The molecule has 2 aromatic rings. The summed E-state index contributed by atoms with van der Waals surface area (Å²) in [6.45, 7) is 6.56. The molecule has 0 spiro atoms. The quantitative estimate of drug-likeness (QED) is 0.887. The molecule has 2 N–H and O–H groups in total. The molecule has 0 aliphatic carbocycles. The molecule has 2 rings (SSSR count). The van der Waals surface area contributed by atoms with Crippen LogP contribution in [0.25, 0.3) is 0 Å². The molecule has 0 saturated heterocycles. The molecule has 116 valence electrons. The molecule has 0 saturated carbocycles. The Bertz CT molecular complexity index is 628. The average molecular weight is 299 g/mol. The van der Waals surface area contributed by atoms with E-state index in [9.17, 15) is 4.79 Å². The topological polar surface area (TPSA) is 63.2 Å². The van der Waals surface area contributed by atoms with Crippen LogP contribution in [0.15, 0.2) is 42.6 Å². The number of benzene rings is 1. The van der Waals surface area contributed by atoms with Crippen molar-refractivity contribution in [1.82, 2.24) is 4.98 Å². The van der Waals surface area contributed by atoms with Crippen molar-refractivity contribution in [2.75, 3.05) is 17.7 Å². The maximum Gasteiger partial charge on any atom is 0.412 e. The van der Waals surface area contributed by atoms with Crippen molar-refractivity contribution in [3.8, 4) is 0 Å². The van der Waals surface area contributed by atoms with E-state index in [4.69, 9.17) is 0 Å². The number of aromatic nitrogens is 1. The van der Waals surface area contributed by atoms with Gasteiger partial charge in [0.1, 0.15) is 5.82 Å². The maximum absolute atomic E-state index is 11.1. The highest BCUT2D eigenvalue weighted by Gasteiger charge is 2.12. The largest absolute Gasteiger partial charge is 0.453 e. The van der Waals surface area contributed by atoms with Crippen molar-refractivity contribution in [2.24, 2.45) is 0 Å². The molecule has 0 unspecified atom stereocenters. The van der Waals surface area contributed by atoms with Crippen LogP contribution < -0.4 is 10.6 Å². The molecular weight excluding hydrogens is 278 g/mol. The lowest BCUT2D eigenvalue weighted by Crippen LogP contribution is -2.12. The van der Waals surface area contributed by atoms with Crippen LogP contribution in [0.2, 0.25) is 0 Å². The van der Waals surface area contributed by atoms with Gasteiger partial charge in [-0.05, 0) is 35.2 Å². The van der Waals surface area contributed by atoms with E-state index < -0.39 is 6.09 Å². The summed E-state index contributed by atoms with van der Waals surface area (Å²) in [5.41, 5.74) is 3.26. The monoisotopic (exact) mass is 299 g/mol. The lowest BCUT2D eigenvalue weighted by atomic mass is 9.87. The fraction of sp³-hybridized carbons (Fsp3) is 0.294. The zero-order valence-corrected chi connectivity index (χ0v) is 13.3. The minimum absolute atomic E-state index is 0.140. The molecule has 1 amide bonds. The number of anilines is 3. The molecule has 0 fully saturated rings. The fourth-order valence-electron chi connectivity index (χ4n) is 1.92. The van der Waals surface area contributed by atoms with E-state index >= 15 is 0 Å². The van der Waals surface area contributed by atoms with Crippen LogP contribution in [0, 0.1) is 0 Å². The molecule has 0 atom stereocenters. The lowest BCUT2D eigenvalue weighted by Gasteiger charge is -2.19. The minimum atomic E-state index is -0.536. The van der Waals surface area contributed by atoms with Crippen LogP contribution in [0.4, 0.5) is 22.0 Å². The van der Waals surface area contributed by atoms with Crippen molar-refractivity contribution in [3.63, 3.8) is 0 Å². The van der Waals surface area contributed by atoms with Crippen molar-refractivity contribution in [2.45, 2.75) is 26.2 Å². The molecule has 1 aromatic heterocycles. The van der Waals surface area contributed by atoms with Gasteiger partial charge in [-0.3, -0.25) is 5.32 Å². The number of rotatable bonds is 3. The predicted molar refractivity (Wildman–Crippen MR) is 88.7 cm³/mol. The number of hydrogen-bond donors (Lipinski definition) is 2. The first-order valence-corrected chi connectivity index (χ1v) is 7.07. The van der Waals surface area contributed by atoms with Gasteiger partial charge < -0.3 is 10.1 Å². The predicted octanol–water partition coefficient (Wildman–Crippen LogP) is 4.30. The first kappa shape index (κ1) is 15.8. The van der Waals surface area contributed by atoms with Gasteiger partial charge in [-0.1, -0.05) is 32.9 Å². The van der Waals surface area contributed by atoms with E-state index in [1.165, 1.54) is 12.7 Å². The molecule has 1 heterocycles. The number of carbonyl (C=O) groups excluding carboxylic acids is 1. The molecule has 1 aromatic carbocycles. The molecule has 0 radical (unpaired) electrons. The van der Waals surface area contributed by atoms with Gasteiger partial charge in [-0.2, -0.15) is 0 Å². The first-order chi connectivity index (χ1) is 10.4. The summed E-state index contributed by atoms with van der Waals surface area (Å²) in [6, 6.07) is 11.9.